The number of rotatable bonds is 2. The zero-order chi connectivity index (χ0) is 17.4. The molecule has 0 N–H and O–H groups in total. The van der Waals surface area contributed by atoms with Gasteiger partial charge in [-0.05, 0) is 30.9 Å². The molecule has 1 unspecified atom stereocenters. The van der Waals surface area contributed by atoms with Crippen LogP contribution in [0.4, 0.5) is 0 Å². The van der Waals surface area contributed by atoms with Crippen LogP contribution in [0.15, 0.2) is 39.9 Å². The van der Waals surface area contributed by atoms with E-state index in [9.17, 15) is 14.4 Å². The van der Waals surface area contributed by atoms with Crippen LogP contribution in [0.5, 0.6) is 0 Å². The van der Waals surface area contributed by atoms with Crippen LogP contribution >= 0.6 is 0 Å². The molecule has 2 aromatic rings. The van der Waals surface area contributed by atoms with Gasteiger partial charge < -0.3 is 4.90 Å². The maximum Gasteiger partial charge on any atom is 0.331 e. The maximum absolute atomic E-state index is 13.0. The molecular weight excluding hydrogens is 306 g/mol. The Labute approximate surface area is 140 Å². The molecule has 6 nitrogen and oxygen atoms in total. The van der Waals surface area contributed by atoms with Gasteiger partial charge in [-0.2, -0.15) is 0 Å². The van der Waals surface area contributed by atoms with E-state index < -0.39 is 11.2 Å². The summed E-state index contributed by atoms with van der Waals surface area (Å²) < 4.78 is 2.25. The van der Waals surface area contributed by atoms with Crippen molar-refractivity contribution in [1.82, 2.24) is 14.0 Å². The normalized spacial score (nSPS) is 17.3. The highest BCUT2D eigenvalue weighted by atomic mass is 16.2. The van der Waals surface area contributed by atoms with Crippen LogP contribution in [-0.4, -0.2) is 26.5 Å². The highest BCUT2D eigenvalue weighted by Gasteiger charge is 2.32. The number of hydrogen-bond acceptors (Lipinski definition) is 3. The first-order valence-electron chi connectivity index (χ1n) is 8.05. The lowest BCUT2D eigenvalue weighted by molar-refractivity contribution is 0.0723. The van der Waals surface area contributed by atoms with Gasteiger partial charge in [-0.25, -0.2) is 4.79 Å². The second-order valence-corrected chi connectivity index (χ2v) is 6.28. The third-order valence-electron chi connectivity index (χ3n) is 4.81. The van der Waals surface area contributed by atoms with Gasteiger partial charge in [0.05, 0.1) is 6.04 Å². The maximum atomic E-state index is 13.0. The summed E-state index contributed by atoms with van der Waals surface area (Å²) in [5.74, 6) is -0.266. The summed E-state index contributed by atoms with van der Waals surface area (Å²) in [5.41, 5.74) is 1.45. The van der Waals surface area contributed by atoms with E-state index in [1.807, 2.05) is 31.2 Å². The van der Waals surface area contributed by atoms with Crippen molar-refractivity contribution in [3.8, 4) is 0 Å². The van der Waals surface area contributed by atoms with Gasteiger partial charge in [0.2, 0.25) is 0 Å². The standard InChI is InChI=1S/C18H21N3O3/c1-12-7-4-5-8-13(12)14-9-6-10-21(14)17(23)15-11-16(22)20(3)18(24)19(15)2/h4-5,7-8,11,14H,6,9-10H2,1-3H3. The van der Waals surface area contributed by atoms with E-state index in [1.165, 1.54) is 24.7 Å². The number of carbonyl (C=O) groups excluding carboxylic acids is 1. The van der Waals surface area contributed by atoms with E-state index in [0.717, 1.165) is 28.5 Å². The molecule has 2 heterocycles. The summed E-state index contributed by atoms with van der Waals surface area (Å²) in [5, 5.41) is 0. The number of amides is 1. The number of benzene rings is 1. The zero-order valence-corrected chi connectivity index (χ0v) is 14.2. The van der Waals surface area contributed by atoms with Crippen LogP contribution in [0.1, 0.15) is 40.5 Å². The fourth-order valence-corrected chi connectivity index (χ4v) is 3.38. The first kappa shape index (κ1) is 16.2. The predicted molar refractivity (Wildman–Crippen MR) is 91.1 cm³/mol. The van der Waals surface area contributed by atoms with Gasteiger partial charge in [0.1, 0.15) is 5.69 Å². The molecular formula is C18H21N3O3. The van der Waals surface area contributed by atoms with Crippen molar-refractivity contribution >= 4 is 5.91 Å². The molecule has 24 heavy (non-hydrogen) atoms. The smallest absolute Gasteiger partial charge is 0.330 e. The Hall–Kier alpha value is -2.63. The first-order valence-corrected chi connectivity index (χ1v) is 8.05. The first-order chi connectivity index (χ1) is 11.4. The summed E-state index contributed by atoms with van der Waals surface area (Å²) in [4.78, 5) is 38.8. The minimum Gasteiger partial charge on any atom is -0.330 e. The second-order valence-electron chi connectivity index (χ2n) is 6.28. The molecule has 0 aliphatic carbocycles. The predicted octanol–water partition coefficient (Wildman–Crippen LogP) is 1.37. The van der Waals surface area contributed by atoms with Crippen molar-refractivity contribution in [2.75, 3.05) is 6.54 Å². The molecule has 1 saturated heterocycles. The van der Waals surface area contributed by atoms with Crippen molar-refractivity contribution < 1.29 is 4.79 Å². The third kappa shape index (κ3) is 2.58. The van der Waals surface area contributed by atoms with Crippen molar-refractivity contribution in [3.05, 3.63) is 68.0 Å². The molecule has 126 valence electrons. The fourth-order valence-electron chi connectivity index (χ4n) is 3.38. The summed E-state index contributed by atoms with van der Waals surface area (Å²) in [6, 6.07) is 9.25. The Bertz CT molecular complexity index is 910. The lowest BCUT2D eigenvalue weighted by atomic mass is 9.99. The summed E-state index contributed by atoms with van der Waals surface area (Å²) in [7, 11) is 2.93. The largest absolute Gasteiger partial charge is 0.331 e. The molecule has 0 saturated carbocycles. The van der Waals surface area contributed by atoms with Crippen molar-refractivity contribution in [3.63, 3.8) is 0 Å². The third-order valence-corrected chi connectivity index (χ3v) is 4.81. The van der Waals surface area contributed by atoms with Gasteiger partial charge in [0.15, 0.2) is 0 Å². The number of aryl methyl sites for hydroxylation is 1. The van der Waals surface area contributed by atoms with E-state index in [-0.39, 0.29) is 17.6 Å². The fraction of sp³-hybridized carbons (Fsp3) is 0.389. The monoisotopic (exact) mass is 327 g/mol. The Kier molecular flexibility index (Phi) is 4.13. The van der Waals surface area contributed by atoms with Crippen LogP contribution in [0.25, 0.3) is 0 Å². The van der Waals surface area contributed by atoms with Gasteiger partial charge in [0, 0.05) is 26.7 Å². The number of aromatic nitrogens is 2. The van der Waals surface area contributed by atoms with Crippen molar-refractivity contribution in [2.24, 2.45) is 14.1 Å². The molecule has 0 radical (unpaired) electrons. The van der Waals surface area contributed by atoms with E-state index in [4.69, 9.17) is 0 Å². The average molecular weight is 327 g/mol. The molecule has 1 aromatic carbocycles. The van der Waals surface area contributed by atoms with Gasteiger partial charge in [-0.3, -0.25) is 18.7 Å². The number of carbonyl (C=O) groups is 1. The van der Waals surface area contributed by atoms with Crippen LogP contribution in [0, 0.1) is 6.92 Å². The Morgan fingerprint density at radius 3 is 2.54 bits per heavy atom. The van der Waals surface area contributed by atoms with E-state index in [0.29, 0.717) is 6.54 Å². The average Bonchev–Trinajstić information content (AvgIpc) is 3.05. The SMILES string of the molecule is Cc1ccccc1C1CCCN1C(=O)c1cc(=O)n(C)c(=O)n1C. The molecule has 0 spiro atoms. The molecule has 1 amide bonds. The van der Waals surface area contributed by atoms with Crippen LogP contribution < -0.4 is 11.2 Å². The topological polar surface area (TPSA) is 64.3 Å². The van der Waals surface area contributed by atoms with Crippen molar-refractivity contribution in [2.45, 2.75) is 25.8 Å². The van der Waals surface area contributed by atoms with Crippen LogP contribution in [0.2, 0.25) is 0 Å². The number of hydrogen-bond donors (Lipinski definition) is 0. The van der Waals surface area contributed by atoms with Crippen LogP contribution in [0.3, 0.4) is 0 Å². The van der Waals surface area contributed by atoms with Gasteiger partial charge >= 0.3 is 5.69 Å². The zero-order valence-electron chi connectivity index (χ0n) is 14.2. The Morgan fingerprint density at radius 1 is 1.12 bits per heavy atom. The Morgan fingerprint density at radius 2 is 1.83 bits per heavy atom. The molecule has 1 fully saturated rings. The second kappa shape index (κ2) is 6.11. The quantitative estimate of drug-likeness (QED) is 0.837. The molecule has 6 heteroatoms. The lowest BCUT2D eigenvalue weighted by Crippen LogP contribution is -2.42. The molecule has 0 bridgehead atoms. The molecule has 1 aliphatic rings. The van der Waals surface area contributed by atoms with E-state index in [2.05, 4.69) is 0 Å². The summed E-state index contributed by atoms with van der Waals surface area (Å²) in [6.07, 6.45) is 1.79. The Balaban J connectivity index is 2.03. The van der Waals surface area contributed by atoms with Crippen LogP contribution in [-0.2, 0) is 14.1 Å². The van der Waals surface area contributed by atoms with E-state index >= 15 is 0 Å². The van der Waals surface area contributed by atoms with Gasteiger partial charge in [-0.15, -0.1) is 0 Å². The highest BCUT2D eigenvalue weighted by Crippen LogP contribution is 2.34. The summed E-state index contributed by atoms with van der Waals surface area (Å²) >= 11 is 0. The highest BCUT2D eigenvalue weighted by molar-refractivity contribution is 5.93. The molecule has 1 aromatic heterocycles. The molecule has 1 aliphatic heterocycles. The molecule has 1 atom stereocenters. The number of likely N-dealkylation sites (tertiary alicyclic amines) is 1. The van der Waals surface area contributed by atoms with E-state index in [1.54, 1.807) is 4.90 Å². The minimum absolute atomic E-state index is 0.0159. The lowest BCUT2D eigenvalue weighted by Gasteiger charge is -2.27. The van der Waals surface area contributed by atoms with Crippen molar-refractivity contribution in [1.29, 1.82) is 0 Å². The van der Waals surface area contributed by atoms with Gasteiger partial charge in [-0.1, -0.05) is 24.3 Å². The minimum atomic E-state index is -0.488. The molecule has 3 rings (SSSR count). The number of nitrogens with zero attached hydrogens (tertiary/aromatic N) is 3. The van der Waals surface area contributed by atoms with Gasteiger partial charge in [0.25, 0.3) is 11.5 Å². The summed E-state index contributed by atoms with van der Waals surface area (Å²) in [6.45, 7) is 2.66.